The second-order valence-electron chi connectivity index (χ2n) is 9.26. The minimum absolute atomic E-state index is 0.00993. The molecule has 206 valence electrons. The molecule has 14 heteroatoms. The van der Waals surface area contributed by atoms with E-state index in [-0.39, 0.29) is 17.3 Å². The van der Waals surface area contributed by atoms with E-state index in [4.69, 9.17) is 15.6 Å². The molecule has 1 saturated heterocycles. The van der Waals surface area contributed by atoms with Gasteiger partial charge in [-0.3, -0.25) is 14.4 Å². The molecular weight excluding hydrogens is 520 g/mol. The minimum atomic E-state index is -1.50. The third kappa shape index (κ3) is 5.32. The lowest BCUT2D eigenvalue weighted by Gasteiger charge is -2.26. The summed E-state index contributed by atoms with van der Waals surface area (Å²) in [6.07, 6.45) is 3.41. The Morgan fingerprint density at radius 1 is 1.23 bits per heavy atom. The molecule has 0 aliphatic carbocycles. The summed E-state index contributed by atoms with van der Waals surface area (Å²) in [5.74, 6) is -0.547. The molecule has 0 bridgehead atoms. The number of hydrogen-bond acceptors (Lipinski definition) is 9. The van der Waals surface area contributed by atoms with Crippen LogP contribution >= 0.6 is 0 Å². The average Bonchev–Trinajstić information content (AvgIpc) is 3.60. The number of carbonyl (C=O) groups is 4. The number of hydrogen-bond donors (Lipinski definition) is 5. The fraction of sp³-hybridized carbons (Fsp3) is 0.269. The highest BCUT2D eigenvalue weighted by atomic mass is 16.5. The number of aromatic nitrogens is 4. The Kier molecular flexibility index (Phi) is 7.39. The van der Waals surface area contributed by atoms with Crippen LogP contribution in [0.3, 0.4) is 0 Å². The largest absolute Gasteiger partial charge is 0.491 e. The van der Waals surface area contributed by atoms with Crippen molar-refractivity contribution >= 4 is 57.6 Å². The molecule has 0 unspecified atom stereocenters. The van der Waals surface area contributed by atoms with Gasteiger partial charge in [0.15, 0.2) is 17.8 Å². The molecular formula is C26H26N8O6. The molecule has 0 saturated carbocycles. The Balaban J connectivity index is 1.40. The van der Waals surface area contributed by atoms with Gasteiger partial charge in [-0.05, 0) is 30.4 Å². The van der Waals surface area contributed by atoms with E-state index in [9.17, 15) is 19.2 Å². The minimum Gasteiger partial charge on any atom is -0.491 e. The van der Waals surface area contributed by atoms with E-state index in [0.717, 1.165) is 19.4 Å². The molecule has 0 spiro atoms. The molecule has 2 aromatic carbocycles. The quantitative estimate of drug-likeness (QED) is 0.182. The van der Waals surface area contributed by atoms with E-state index < -0.39 is 30.4 Å². The first kappa shape index (κ1) is 26.3. The number of anilines is 2. The first-order valence-corrected chi connectivity index (χ1v) is 12.5. The molecule has 6 N–H and O–H groups in total. The highest BCUT2D eigenvalue weighted by Gasteiger charge is 2.29. The molecule has 3 heterocycles. The number of carboxylic acid groups (broad SMARTS) is 1. The zero-order chi connectivity index (χ0) is 28.2. The Morgan fingerprint density at radius 3 is 2.85 bits per heavy atom. The van der Waals surface area contributed by atoms with Gasteiger partial charge in [-0.25, -0.2) is 19.7 Å². The average molecular weight is 547 g/mol. The summed E-state index contributed by atoms with van der Waals surface area (Å²) in [6.45, 7) is 1.07. The second-order valence-corrected chi connectivity index (χ2v) is 9.26. The first-order chi connectivity index (χ1) is 19.4. The summed E-state index contributed by atoms with van der Waals surface area (Å²) in [4.78, 5) is 65.7. The maximum Gasteiger partial charge on any atom is 0.405 e. The van der Waals surface area contributed by atoms with Gasteiger partial charge in [-0.15, -0.1) is 0 Å². The van der Waals surface area contributed by atoms with Gasteiger partial charge < -0.3 is 36.1 Å². The summed E-state index contributed by atoms with van der Waals surface area (Å²) in [7, 11) is 0. The Labute approximate surface area is 226 Å². The van der Waals surface area contributed by atoms with Crippen molar-refractivity contribution in [2.24, 2.45) is 5.73 Å². The van der Waals surface area contributed by atoms with E-state index in [1.165, 1.54) is 12.4 Å². The summed E-state index contributed by atoms with van der Waals surface area (Å²) in [5, 5.41) is 14.7. The molecule has 0 radical (unpaired) electrons. The van der Waals surface area contributed by atoms with Crippen molar-refractivity contribution in [3.8, 4) is 5.75 Å². The number of aromatic amines is 1. The van der Waals surface area contributed by atoms with Gasteiger partial charge in [0.1, 0.15) is 30.2 Å². The SMILES string of the molecule is NC(=O)C[C@@H](NC(=O)O)C(=O)Nc1ccc2cccc(OC[C@H]3CCCN3c3ncnc4[nH]cnc34)c2c1C=O. The maximum absolute atomic E-state index is 12.8. The third-order valence-electron chi connectivity index (χ3n) is 6.72. The van der Waals surface area contributed by atoms with Crippen molar-refractivity contribution in [3.63, 3.8) is 0 Å². The van der Waals surface area contributed by atoms with Crippen molar-refractivity contribution in [1.82, 2.24) is 25.3 Å². The normalized spacial score (nSPS) is 15.6. The van der Waals surface area contributed by atoms with E-state index in [1.54, 1.807) is 30.6 Å². The van der Waals surface area contributed by atoms with Crippen LogP contribution in [-0.2, 0) is 9.59 Å². The van der Waals surface area contributed by atoms with Crippen LogP contribution < -0.4 is 26.0 Å². The van der Waals surface area contributed by atoms with E-state index in [0.29, 0.717) is 46.4 Å². The van der Waals surface area contributed by atoms with Crippen molar-refractivity contribution < 1.29 is 29.0 Å². The Hall–Kier alpha value is -5.27. The molecule has 5 rings (SSSR count). The van der Waals surface area contributed by atoms with Crippen molar-refractivity contribution in [2.75, 3.05) is 23.4 Å². The van der Waals surface area contributed by atoms with E-state index in [1.807, 2.05) is 5.32 Å². The van der Waals surface area contributed by atoms with E-state index >= 15 is 0 Å². The number of nitrogens with two attached hydrogens (primary N) is 1. The van der Waals surface area contributed by atoms with Crippen molar-refractivity contribution in [1.29, 1.82) is 0 Å². The van der Waals surface area contributed by atoms with Crippen molar-refractivity contribution in [2.45, 2.75) is 31.3 Å². The molecule has 2 atom stereocenters. The maximum atomic E-state index is 12.8. The number of imidazole rings is 1. The number of nitrogens with zero attached hydrogens (tertiary/aromatic N) is 4. The highest BCUT2D eigenvalue weighted by Crippen LogP contribution is 2.34. The summed E-state index contributed by atoms with van der Waals surface area (Å²) in [6, 6.07) is 7.12. The van der Waals surface area contributed by atoms with Crippen LogP contribution in [0.2, 0.25) is 0 Å². The zero-order valence-corrected chi connectivity index (χ0v) is 21.2. The van der Waals surface area contributed by atoms with Crippen LogP contribution in [-0.4, -0.2) is 74.5 Å². The van der Waals surface area contributed by atoms with Crippen molar-refractivity contribution in [3.05, 3.63) is 48.5 Å². The fourth-order valence-corrected chi connectivity index (χ4v) is 4.94. The van der Waals surface area contributed by atoms with Gasteiger partial charge in [0.05, 0.1) is 24.5 Å². The van der Waals surface area contributed by atoms with Crippen LogP contribution in [0.15, 0.2) is 43.0 Å². The van der Waals surface area contributed by atoms with Gasteiger partial charge >= 0.3 is 6.09 Å². The highest BCUT2D eigenvalue weighted by molar-refractivity contribution is 6.10. The van der Waals surface area contributed by atoms with Crippen LogP contribution in [0.1, 0.15) is 29.6 Å². The summed E-state index contributed by atoms with van der Waals surface area (Å²) >= 11 is 0. The third-order valence-corrected chi connectivity index (χ3v) is 6.72. The predicted molar refractivity (Wildman–Crippen MR) is 144 cm³/mol. The topological polar surface area (TPSA) is 206 Å². The Morgan fingerprint density at radius 2 is 2.08 bits per heavy atom. The van der Waals surface area contributed by atoms with Crippen LogP contribution in [0.4, 0.5) is 16.3 Å². The number of nitrogens with one attached hydrogen (secondary N) is 3. The molecule has 2 aromatic heterocycles. The lowest BCUT2D eigenvalue weighted by Crippen LogP contribution is -2.45. The van der Waals surface area contributed by atoms with Gasteiger partial charge in [0.25, 0.3) is 0 Å². The molecule has 1 aliphatic rings. The lowest BCUT2D eigenvalue weighted by atomic mass is 10.0. The number of fused-ring (bicyclic) bond motifs is 2. The molecule has 3 amide bonds. The molecule has 40 heavy (non-hydrogen) atoms. The number of rotatable bonds is 10. The van der Waals surface area contributed by atoms with E-state index in [2.05, 4.69) is 30.2 Å². The predicted octanol–water partition coefficient (Wildman–Crippen LogP) is 1.82. The number of amides is 3. The van der Waals surface area contributed by atoms with Gasteiger partial charge in [0.2, 0.25) is 11.8 Å². The van der Waals surface area contributed by atoms with Crippen LogP contribution in [0, 0.1) is 0 Å². The molecule has 1 aliphatic heterocycles. The summed E-state index contributed by atoms with van der Waals surface area (Å²) in [5.41, 5.74) is 6.77. The number of benzene rings is 2. The first-order valence-electron chi connectivity index (χ1n) is 12.5. The molecule has 1 fully saturated rings. The lowest BCUT2D eigenvalue weighted by molar-refractivity contribution is -0.123. The number of H-pyrrole nitrogens is 1. The Bertz CT molecular complexity index is 1590. The smallest absolute Gasteiger partial charge is 0.405 e. The van der Waals surface area contributed by atoms with Gasteiger partial charge in [0, 0.05) is 17.5 Å². The number of primary amides is 1. The zero-order valence-electron chi connectivity index (χ0n) is 21.2. The monoisotopic (exact) mass is 546 g/mol. The number of carbonyl (C=O) groups excluding carboxylic acids is 3. The number of ether oxygens (including phenoxy) is 1. The number of aldehydes is 1. The van der Waals surface area contributed by atoms with Crippen LogP contribution in [0.5, 0.6) is 5.75 Å². The summed E-state index contributed by atoms with van der Waals surface area (Å²) < 4.78 is 6.27. The van der Waals surface area contributed by atoms with Crippen LogP contribution in [0.25, 0.3) is 21.9 Å². The molecule has 14 nitrogen and oxygen atoms in total. The second kappa shape index (κ2) is 11.2. The van der Waals surface area contributed by atoms with Gasteiger partial charge in [-0.2, -0.15) is 0 Å². The standard InChI is InChI=1S/C26H26N8O6/c27-20(36)9-18(33-26(38)39)25(37)32-17-7-6-14-3-1-5-19(21(14)16(17)10-35)40-11-15-4-2-8-34(15)24-22-23(29-12-28-22)30-13-31-24/h1,3,5-7,10,12-13,15,18,33H,2,4,8-9,11H2,(H2,27,36)(H,32,37)(H,38,39)(H,28,29,30,31)/t15-,18-/m1/s1. The molecule has 4 aromatic rings. The fourth-order valence-electron chi connectivity index (χ4n) is 4.94. The van der Waals surface area contributed by atoms with Gasteiger partial charge in [-0.1, -0.05) is 18.2 Å².